The van der Waals surface area contributed by atoms with Crippen LogP contribution in [0.2, 0.25) is 0 Å². The van der Waals surface area contributed by atoms with E-state index in [0.29, 0.717) is 35.2 Å². The number of benzene rings is 2. The molecule has 0 aliphatic rings. The fraction of sp³-hybridized carbons (Fsp3) is 0.241. The van der Waals surface area contributed by atoms with Crippen molar-refractivity contribution < 1.29 is 9.59 Å². The maximum Gasteiger partial charge on any atom is 0.251 e. The van der Waals surface area contributed by atoms with Gasteiger partial charge in [0.2, 0.25) is 0 Å². The van der Waals surface area contributed by atoms with Crippen LogP contribution >= 0.6 is 11.8 Å². The molecule has 1 N–H and O–H groups in total. The summed E-state index contributed by atoms with van der Waals surface area (Å²) in [5.74, 6) is 0.747. The number of hydrogen-bond donors (Lipinski definition) is 1. The minimum absolute atomic E-state index is 0.0107. The summed E-state index contributed by atoms with van der Waals surface area (Å²) < 4.78 is 3.95. The van der Waals surface area contributed by atoms with Gasteiger partial charge in [0.25, 0.3) is 5.91 Å². The number of nitrogens with one attached hydrogen (secondary N) is 1. The maximum atomic E-state index is 13.3. The molecule has 0 saturated carbocycles. The summed E-state index contributed by atoms with van der Waals surface area (Å²) in [5.41, 5.74) is 2.26. The van der Waals surface area contributed by atoms with E-state index in [4.69, 9.17) is 0 Å². The number of carbonyl (C=O) groups excluding carboxylic acids is 2. The first kappa shape index (κ1) is 26.2. The average molecular weight is 514 g/mol. The predicted molar refractivity (Wildman–Crippen MR) is 149 cm³/mol. The maximum absolute atomic E-state index is 13.3. The lowest BCUT2D eigenvalue weighted by molar-refractivity contribution is 0.0921. The first-order chi connectivity index (χ1) is 17.9. The van der Waals surface area contributed by atoms with E-state index in [9.17, 15) is 9.59 Å². The second-order valence-corrected chi connectivity index (χ2v) is 9.96. The van der Waals surface area contributed by atoms with Crippen molar-refractivity contribution in [1.82, 2.24) is 24.6 Å². The van der Waals surface area contributed by atoms with Gasteiger partial charge < -0.3 is 14.5 Å². The van der Waals surface area contributed by atoms with Crippen LogP contribution in [0.4, 0.5) is 0 Å². The molecule has 0 aliphatic heterocycles. The van der Waals surface area contributed by atoms with E-state index in [-0.39, 0.29) is 29.4 Å². The third kappa shape index (κ3) is 5.75. The van der Waals surface area contributed by atoms with Crippen molar-refractivity contribution >= 4 is 34.4 Å². The number of rotatable bonds is 12. The topological polar surface area (TPSA) is 81.8 Å². The Labute approximate surface area is 221 Å². The van der Waals surface area contributed by atoms with Crippen molar-refractivity contribution in [1.29, 1.82) is 0 Å². The Hall–Kier alpha value is -3.91. The van der Waals surface area contributed by atoms with E-state index in [1.54, 1.807) is 18.2 Å². The van der Waals surface area contributed by atoms with Crippen LogP contribution < -0.4 is 5.32 Å². The third-order valence-corrected chi connectivity index (χ3v) is 7.04. The summed E-state index contributed by atoms with van der Waals surface area (Å²) in [6.45, 7) is 12.8. The molecular weight excluding hydrogens is 482 g/mol. The largest absolute Gasteiger partial charge is 0.343 e. The zero-order chi connectivity index (χ0) is 26.4. The van der Waals surface area contributed by atoms with Gasteiger partial charge in [0.1, 0.15) is 0 Å². The molecule has 1 unspecified atom stereocenters. The number of allylic oxidation sites excluding steroid dienone is 2. The minimum Gasteiger partial charge on any atom is -0.343 e. The van der Waals surface area contributed by atoms with Crippen molar-refractivity contribution in [2.75, 3.05) is 5.75 Å². The van der Waals surface area contributed by atoms with Crippen LogP contribution in [0.3, 0.4) is 0 Å². The van der Waals surface area contributed by atoms with Crippen molar-refractivity contribution in [3.63, 3.8) is 0 Å². The van der Waals surface area contributed by atoms with E-state index < -0.39 is 0 Å². The zero-order valence-electron chi connectivity index (χ0n) is 21.1. The van der Waals surface area contributed by atoms with Gasteiger partial charge in [0, 0.05) is 41.3 Å². The summed E-state index contributed by atoms with van der Waals surface area (Å²) in [5, 5.41) is 13.5. The van der Waals surface area contributed by atoms with Crippen LogP contribution in [-0.2, 0) is 13.1 Å². The van der Waals surface area contributed by atoms with Crippen LogP contribution in [-0.4, -0.2) is 36.8 Å². The highest BCUT2D eigenvalue weighted by molar-refractivity contribution is 7.99. The van der Waals surface area contributed by atoms with Crippen LogP contribution in [0.1, 0.15) is 46.4 Å². The molecule has 0 saturated heterocycles. The molecule has 190 valence electrons. The average Bonchev–Trinajstić information content (AvgIpc) is 3.48. The molecule has 0 radical (unpaired) electrons. The van der Waals surface area contributed by atoms with Gasteiger partial charge in [-0.15, -0.1) is 23.4 Å². The molecule has 2 aromatic heterocycles. The molecule has 1 amide bonds. The fourth-order valence-corrected chi connectivity index (χ4v) is 5.09. The molecule has 0 bridgehead atoms. The molecule has 37 heavy (non-hydrogen) atoms. The molecule has 2 aromatic carbocycles. The summed E-state index contributed by atoms with van der Waals surface area (Å²) in [7, 11) is 0. The van der Waals surface area contributed by atoms with Gasteiger partial charge in [-0.25, -0.2) is 0 Å². The van der Waals surface area contributed by atoms with Crippen molar-refractivity contribution in [3.8, 4) is 0 Å². The lowest BCUT2D eigenvalue weighted by Crippen LogP contribution is -2.33. The van der Waals surface area contributed by atoms with Crippen LogP contribution in [0, 0.1) is 5.92 Å². The van der Waals surface area contributed by atoms with Gasteiger partial charge in [0.05, 0.1) is 11.8 Å². The highest BCUT2D eigenvalue weighted by Gasteiger charge is 2.26. The normalized spacial score (nSPS) is 12.0. The number of thioether (sulfide) groups is 1. The standard InChI is InChI=1S/C29H31N5O2S/c1-5-16-33-18-23(22-14-10-11-15-24(22)33)25(35)19-37-29-32-31-27(34(29)17-6-2)26(20(3)4)30-28(36)21-12-8-7-9-13-21/h5-15,18,20,26H,1-2,16-17,19H2,3-4H3,(H,30,36). The van der Waals surface area contributed by atoms with E-state index in [2.05, 4.69) is 28.7 Å². The second kappa shape index (κ2) is 11.9. The Morgan fingerprint density at radius 2 is 1.70 bits per heavy atom. The number of hydrogen-bond acceptors (Lipinski definition) is 5. The summed E-state index contributed by atoms with van der Waals surface area (Å²) in [6.07, 6.45) is 5.47. The summed E-state index contributed by atoms with van der Waals surface area (Å²) in [4.78, 5) is 26.2. The lowest BCUT2D eigenvalue weighted by atomic mass is 10.0. The Morgan fingerprint density at radius 3 is 2.41 bits per heavy atom. The summed E-state index contributed by atoms with van der Waals surface area (Å²) >= 11 is 1.34. The first-order valence-corrected chi connectivity index (χ1v) is 13.2. The Morgan fingerprint density at radius 1 is 1.00 bits per heavy atom. The number of amides is 1. The summed E-state index contributed by atoms with van der Waals surface area (Å²) in [6, 6.07) is 16.6. The van der Waals surface area contributed by atoms with Crippen molar-refractivity contribution in [3.05, 3.63) is 103 Å². The molecule has 7 nitrogen and oxygen atoms in total. The SMILES string of the molecule is C=CCn1c(SCC(=O)c2cn(CC=C)c3ccccc23)nnc1C(NC(=O)c1ccccc1)C(C)C. The number of ketones is 1. The number of fused-ring (bicyclic) bond motifs is 1. The van der Waals surface area contributed by atoms with Crippen molar-refractivity contribution in [2.24, 2.45) is 5.92 Å². The predicted octanol–water partition coefficient (Wildman–Crippen LogP) is 5.71. The molecule has 2 heterocycles. The monoisotopic (exact) mass is 513 g/mol. The van der Waals surface area contributed by atoms with Gasteiger partial charge in [-0.05, 0) is 24.1 Å². The molecule has 0 fully saturated rings. The minimum atomic E-state index is -0.359. The lowest BCUT2D eigenvalue weighted by Gasteiger charge is -2.22. The van der Waals surface area contributed by atoms with E-state index in [1.165, 1.54) is 11.8 Å². The zero-order valence-corrected chi connectivity index (χ0v) is 21.9. The Balaban J connectivity index is 1.56. The second-order valence-electron chi connectivity index (χ2n) is 9.01. The molecule has 8 heteroatoms. The Kier molecular flexibility index (Phi) is 8.40. The van der Waals surface area contributed by atoms with Gasteiger partial charge in [0.15, 0.2) is 16.8 Å². The fourth-order valence-electron chi connectivity index (χ4n) is 4.25. The number of para-hydroxylation sites is 1. The number of nitrogens with zero attached hydrogens (tertiary/aromatic N) is 4. The van der Waals surface area contributed by atoms with Crippen molar-refractivity contribution in [2.45, 2.75) is 38.1 Å². The third-order valence-electron chi connectivity index (χ3n) is 6.07. The van der Waals surface area contributed by atoms with Crippen LogP contribution in [0.25, 0.3) is 10.9 Å². The van der Waals surface area contributed by atoms with E-state index in [1.807, 2.05) is 77.7 Å². The van der Waals surface area contributed by atoms with Crippen LogP contribution in [0.5, 0.6) is 0 Å². The number of carbonyl (C=O) groups is 2. The molecular formula is C29H31N5O2S. The number of aromatic nitrogens is 4. The van der Waals surface area contributed by atoms with E-state index >= 15 is 0 Å². The first-order valence-electron chi connectivity index (χ1n) is 12.2. The van der Waals surface area contributed by atoms with Gasteiger partial charge in [-0.1, -0.05) is 74.2 Å². The van der Waals surface area contributed by atoms with Gasteiger partial charge in [-0.3, -0.25) is 9.59 Å². The highest BCUT2D eigenvalue weighted by Crippen LogP contribution is 2.28. The Bertz CT molecular complexity index is 1420. The van der Waals surface area contributed by atoms with E-state index in [0.717, 1.165) is 10.9 Å². The quantitative estimate of drug-likeness (QED) is 0.149. The molecule has 4 rings (SSSR count). The van der Waals surface area contributed by atoms with Gasteiger partial charge >= 0.3 is 0 Å². The van der Waals surface area contributed by atoms with Gasteiger partial charge in [-0.2, -0.15) is 0 Å². The highest BCUT2D eigenvalue weighted by atomic mass is 32.2. The van der Waals surface area contributed by atoms with Crippen LogP contribution in [0.15, 0.2) is 91.3 Å². The molecule has 0 spiro atoms. The molecule has 4 aromatic rings. The smallest absolute Gasteiger partial charge is 0.251 e. The number of Topliss-reactive ketones (excluding diaryl/α,β-unsaturated/α-hetero) is 1. The molecule has 0 aliphatic carbocycles. The molecule has 1 atom stereocenters.